The Bertz CT molecular complexity index is 943. The van der Waals surface area contributed by atoms with Crippen LogP contribution in [0.15, 0.2) is 24.3 Å². The SMILES string of the molecule is CCC(Oc1ccc(C(C)(C)CC)cc1C(C)(C)CC)C(=O)Nc1[c]c(Cl)c(C)c(Cl)c1. The summed E-state index contributed by atoms with van der Waals surface area (Å²) in [6, 6.07) is 11.0. The number of hydrogen-bond acceptors (Lipinski definition) is 2. The van der Waals surface area contributed by atoms with Gasteiger partial charge in [-0.2, -0.15) is 0 Å². The third kappa shape index (κ3) is 5.99. The summed E-state index contributed by atoms with van der Waals surface area (Å²) in [5.74, 6) is 0.497. The second kappa shape index (κ2) is 10.5. The van der Waals surface area contributed by atoms with E-state index in [9.17, 15) is 4.79 Å². The Hall–Kier alpha value is -1.71. The van der Waals surface area contributed by atoms with Crippen molar-refractivity contribution in [2.45, 2.75) is 91.6 Å². The van der Waals surface area contributed by atoms with Crippen molar-refractivity contribution < 1.29 is 9.53 Å². The average Bonchev–Trinajstić information content (AvgIpc) is 2.75. The molecule has 0 heterocycles. The Balaban J connectivity index is 2.36. The van der Waals surface area contributed by atoms with Gasteiger partial charge in [-0.15, -0.1) is 0 Å². The normalized spacial score (nSPS) is 13.1. The molecule has 175 valence electrons. The van der Waals surface area contributed by atoms with Crippen LogP contribution in [0.3, 0.4) is 0 Å². The molecule has 0 saturated heterocycles. The van der Waals surface area contributed by atoms with Crippen LogP contribution in [0, 0.1) is 13.0 Å². The molecule has 0 bridgehead atoms. The minimum absolute atomic E-state index is 0.0679. The van der Waals surface area contributed by atoms with Crippen LogP contribution in [0.25, 0.3) is 0 Å². The Morgan fingerprint density at radius 3 is 2.22 bits per heavy atom. The highest BCUT2D eigenvalue weighted by atomic mass is 35.5. The minimum atomic E-state index is -0.654. The second-order valence-electron chi connectivity index (χ2n) is 9.66. The maximum absolute atomic E-state index is 13.0. The number of anilines is 1. The van der Waals surface area contributed by atoms with E-state index in [0.29, 0.717) is 22.2 Å². The molecule has 32 heavy (non-hydrogen) atoms. The van der Waals surface area contributed by atoms with Gasteiger partial charge in [0.05, 0.1) is 10.7 Å². The number of halogens is 2. The van der Waals surface area contributed by atoms with E-state index in [4.69, 9.17) is 27.9 Å². The molecule has 0 aliphatic rings. The van der Waals surface area contributed by atoms with Crippen LogP contribution in [0.5, 0.6) is 5.75 Å². The molecule has 2 aromatic rings. The Morgan fingerprint density at radius 2 is 1.69 bits per heavy atom. The fourth-order valence-corrected chi connectivity index (χ4v) is 3.78. The topological polar surface area (TPSA) is 38.3 Å². The average molecular weight is 477 g/mol. The van der Waals surface area contributed by atoms with Gasteiger partial charge < -0.3 is 10.1 Å². The number of carbonyl (C=O) groups excluding carboxylic acids is 1. The zero-order valence-corrected chi connectivity index (χ0v) is 22.1. The van der Waals surface area contributed by atoms with Crippen LogP contribution < -0.4 is 10.1 Å². The molecule has 1 amide bonds. The summed E-state index contributed by atoms with van der Waals surface area (Å²) in [6.07, 6.45) is 1.86. The molecule has 0 spiro atoms. The monoisotopic (exact) mass is 476 g/mol. The molecule has 1 radical (unpaired) electrons. The lowest BCUT2D eigenvalue weighted by atomic mass is 9.76. The number of ether oxygens (including phenoxy) is 1. The first kappa shape index (κ1) is 26.5. The predicted molar refractivity (Wildman–Crippen MR) is 136 cm³/mol. The molecule has 2 rings (SSSR count). The fraction of sp³-hybridized carbons (Fsp3) is 0.519. The smallest absolute Gasteiger partial charge is 0.265 e. The predicted octanol–water partition coefficient (Wildman–Crippen LogP) is 8.27. The van der Waals surface area contributed by atoms with E-state index in [1.54, 1.807) is 6.07 Å². The maximum atomic E-state index is 13.0. The quantitative estimate of drug-likeness (QED) is 0.395. The lowest BCUT2D eigenvalue weighted by Crippen LogP contribution is -2.33. The summed E-state index contributed by atoms with van der Waals surface area (Å²) in [5.41, 5.74) is 3.55. The van der Waals surface area contributed by atoms with Crippen LogP contribution >= 0.6 is 23.2 Å². The molecule has 0 aromatic heterocycles. The molecule has 5 heteroatoms. The first-order chi connectivity index (χ1) is 14.9. The zero-order chi connectivity index (χ0) is 24.3. The Labute approximate surface area is 203 Å². The fourth-order valence-electron chi connectivity index (χ4n) is 3.32. The molecular weight excluding hydrogens is 441 g/mol. The lowest BCUT2D eigenvalue weighted by Gasteiger charge is -2.31. The van der Waals surface area contributed by atoms with E-state index in [0.717, 1.165) is 29.7 Å². The van der Waals surface area contributed by atoms with Gasteiger partial charge in [0.15, 0.2) is 6.10 Å². The van der Waals surface area contributed by atoms with Crippen LogP contribution in [0.4, 0.5) is 5.69 Å². The standard InChI is InChI=1S/C27H36Cl2NO2/c1-9-23(25(31)30-19-15-21(28)17(4)22(29)16-19)32-24-13-12-18(26(5,6)10-2)14-20(24)27(7,8)11-3/h12-15,23H,9-11H2,1-8H3,(H,30,31). The van der Waals surface area contributed by atoms with Crippen molar-refractivity contribution in [2.75, 3.05) is 5.32 Å². The van der Waals surface area contributed by atoms with Gasteiger partial charge in [-0.1, -0.05) is 83.8 Å². The largest absolute Gasteiger partial charge is 0.480 e. The summed E-state index contributed by atoms with van der Waals surface area (Å²) in [5, 5.41) is 3.73. The van der Waals surface area contributed by atoms with Crippen molar-refractivity contribution in [1.29, 1.82) is 0 Å². The third-order valence-electron chi connectivity index (χ3n) is 6.65. The van der Waals surface area contributed by atoms with E-state index < -0.39 is 6.10 Å². The van der Waals surface area contributed by atoms with Gasteiger partial charge in [-0.05, 0) is 60.3 Å². The number of benzene rings is 2. The van der Waals surface area contributed by atoms with Gasteiger partial charge in [-0.25, -0.2) is 0 Å². The molecule has 0 saturated carbocycles. The molecular formula is C27H36Cl2NO2. The van der Waals surface area contributed by atoms with Crippen molar-refractivity contribution >= 4 is 34.8 Å². The molecule has 0 fully saturated rings. The number of rotatable bonds is 9. The van der Waals surface area contributed by atoms with Crippen LogP contribution in [0.2, 0.25) is 10.0 Å². The van der Waals surface area contributed by atoms with Crippen LogP contribution in [-0.4, -0.2) is 12.0 Å². The first-order valence-corrected chi connectivity index (χ1v) is 12.1. The van der Waals surface area contributed by atoms with Crippen molar-refractivity contribution in [3.05, 3.63) is 57.1 Å². The molecule has 1 N–H and O–H groups in total. The van der Waals surface area contributed by atoms with Gasteiger partial charge >= 0.3 is 0 Å². The third-order valence-corrected chi connectivity index (χ3v) is 7.42. The van der Waals surface area contributed by atoms with Crippen molar-refractivity contribution in [1.82, 2.24) is 0 Å². The van der Waals surface area contributed by atoms with E-state index in [1.807, 2.05) is 19.9 Å². The molecule has 1 atom stereocenters. The van der Waals surface area contributed by atoms with Gasteiger partial charge in [0.2, 0.25) is 0 Å². The highest BCUT2D eigenvalue weighted by Gasteiger charge is 2.29. The number of carbonyl (C=O) groups is 1. The highest BCUT2D eigenvalue weighted by molar-refractivity contribution is 6.36. The van der Waals surface area contributed by atoms with Gasteiger partial charge in [0.25, 0.3) is 5.91 Å². The van der Waals surface area contributed by atoms with Crippen LogP contribution in [0.1, 0.15) is 84.4 Å². The molecule has 1 unspecified atom stereocenters. The summed E-state index contributed by atoms with van der Waals surface area (Å²) in [6.45, 7) is 17.0. The van der Waals surface area contributed by atoms with Crippen molar-refractivity contribution in [2.24, 2.45) is 0 Å². The molecule has 0 aliphatic heterocycles. The Kier molecular flexibility index (Phi) is 8.69. The second-order valence-corrected chi connectivity index (χ2v) is 10.4. The maximum Gasteiger partial charge on any atom is 0.265 e. The zero-order valence-electron chi connectivity index (χ0n) is 20.6. The van der Waals surface area contributed by atoms with Gasteiger partial charge in [0.1, 0.15) is 5.75 Å². The molecule has 2 aromatic carbocycles. The highest BCUT2D eigenvalue weighted by Crippen LogP contribution is 2.39. The van der Waals surface area contributed by atoms with E-state index in [2.05, 4.69) is 65.1 Å². The molecule has 3 nitrogen and oxygen atoms in total. The van der Waals surface area contributed by atoms with E-state index in [1.165, 1.54) is 5.56 Å². The van der Waals surface area contributed by atoms with Crippen LogP contribution in [-0.2, 0) is 15.6 Å². The number of hydrogen-bond donors (Lipinski definition) is 1. The van der Waals surface area contributed by atoms with Gasteiger partial charge in [0, 0.05) is 16.7 Å². The lowest BCUT2D eigenvalue weighted by molar-refractivity contribution is -0.122. The van der Waals surface area contributed by atoms with Gasteiger partial charge in [-0.3, -0.25) is 4.79 Å². The first-order valence-electron chi connectivity index (χ1n) is 11.4. The minimum Gasteiger partial charge on any atom is -0.480 e. The Morgan fingerprint density at radius 1 is 1.06 bits per heavy atom. The summed E-state index contributed by atoms with van der Waals surface area (Å²) < 4.78 is 6.31. The molecule has 0 aliphatic carbocycles. The summed E-state index contributed by atoms with van der Waals surface area (Å²) >= 11 is 12.4. The summed E-state index contributed by atoms with van der Waals surface area (Å²) in [7, 11) is 0. The number of nitrogens with one attached hydrogen (secondary N) is 1. The van der Waals surface area contributed by atoms with Crippen molar-refractivity contribution in [3.8, 4) is 5.75 Å². The van der Waals surface area contributed by atoms with Crippen molar-refractivity contribution in [3.63, 3.8) is 0 Å². The van der Waals surface area contributed by atoms with E-state index in [-0.39, 0.29) is 16.7 Å². The van der Waals surface area contributed by atoms with E-state index >= 15 is 0 Å². The summed E-state index contributed by atoms with van der Waals surface area (Å²) in [4.78, 5) is 13.0. The number of amides is 1.